The van der Waals surface area contributed by atoms with E-state index in [9.17, 15) is 4.79 Å². The second-order valence-corrected chi connectivity index (χ2v) is 6.50. The number of carbonyl (C=O) groups is 1. The van der Waals surface area contributed by atoms with E-state index >= 15 is 0 Å². The molecule has 0 aromatic carbocycles. The predicted molar refractivity (Wildman–Crippen MR) is 79.1 cm³/mol. The van der Waals surface area contributed by atoms with Crippen LogP contribution in [0.4, 0.5) is 0 Å². The van der Waals surface area contributed by atoms with E-state index in [2.05, 4.69) is 22.2 Å². The van der Waals surface area contributed by atoms with Gasteiger partial charge in [0.1, 0.15) is 0 Å². The first kappa shape index (κ1) is 15.0. The summed E-state index contributed by atoms with van der Waals surface area (Å²) in [5.41, 5.74) is 1.90. The Balaban J connectivity index is 2.16. The molecule has 0 aliphatic carbocycles. The number of aryl methyl sites for hydroxylation is 2. The van der Waals surface area contributed by atoms with Crippen LogP contribution in [-0.4, -0.2) is 36.8 Å². The normalized spacial score (nSPS) is 10.9. The third-order valence-corrected chi connectivity index (χ3v) is 4.63. The Bertz CT molecular complexity index is 594. The van der Waals surface area contributed by atoms with Crippen molar-refractivity contribution in [3.63, 3.8) is 0 Å². The first-order chi connectivity index (χ1) is 9.60. The van der Waals surface area contributed by atoms with Crippen molar-refractivity contribution in [1.29, 1.82) is 0 Å². The van der Waals surface area contributed by atoms with Gasteiger partial charge in [-0.2, -0.15) is 5.10 Å². The van der Waals surface area contributed by atoms with Crippen molar-refractivity contribution in [2.45, 2.75) is 37.6 Å². The summed E-state index contributed by atoms with van der Waals surface area (Å²) in [5.74, 6) is -0.849. The third kappa shape index (κ3) is 3.80. The zero-order valence-corrected chi connectivity index (χ0v) is 13.0. The molecule has 108 valence electrons. The lowest BCUT2D eigenvalue weighted by atomic mass is 10.3. The number of carboxylic acids is 1. The number of hydrogen-bond donors (Lipinski definition) is 1. The predicted octanol–water partition coefficient (Wildman–Crippen LogP) is 2.69. The van der Waals surface area contributed by atoms with Gasteiger partial charge in [0.2, 0.25) is 0 Å². The number of nitrogens with zero attached hydrogens (tertiary/aromatic N) is 4. The van der Waals surface area contributed by atoms with Crippen LogP contribution in [-0.2, 0) is 11.3 Å². The SMILES string of the molecule is CCCCn1nc(C)cc1-c1nnc(SCC(=O)O)s1. The van der Waals surface area contributed by atoms with Crippen molar-refractivity contribution in [3.8, 4) is 10.7 Å². The van der Waals surface area contributed by atoms with Gasteiger partial charge < -0.3 is 5.11 Å². The van der Waals surface area contributed by atoms with Gasteiger partial charge >= 0.3 is 5.97 Å². The van der Waals surface area contributed by atoms with Crippen LogP contribution >= 0.6 is 23.1 Å². The van der Waals surface area contributed by atoms with Gasteiger partial charge in [-0.15, -0.1) is 10.2 Å². The molecule has 8 heteroatoms. The van der Waals surface area contributed by atoms with Crippen molar-refractivity contribution < 1.29 is 9.90 Å². The highest BCUT2D eigenvalue weighted by Crippen LogP contribution is 2.29. The molecule has 0 aliphatic rings. The second kappa shape index (κ2) is 6.85. The van der Waals surface area contributed by atoms with Crippen molar-refractivity contribution >= 4 is 29.1 Å². The van der Waals surface area contributed by atoms with Gasteiger partial charge in [-0.05, 0) is 19.4 Å². The average molecular weight is 312 g/mol. The lowest BCUT2D eigenvalue weighted by Gasteiger charge is -2.03. The smallest absolute Gasteiger partial charge is 0.313 e. The fourth-order valence-corrected chi connectivity index (χ4v) is 3.28. The molecule has 0 atom stereocenters. The van der Waals surface area contributed by atoms with Crippen LogP contribution in [0.15, 0.2) is 10.4 Å². The van der Waals surface area contributed by atoms with E-state index in [0.717, 1.165) is 35.8 Å². The fraction of sp³-hybridized carbons (Fsp3) is 0.500. The van der Waals surface area contributed by atoms with Crippen molar-refractivity contribution in [1.82, 2.24) is 20.0 Å². The molecular formula is C12H16N4O2S2. The van der Waals surface area contributed by atoms with E-state index in [1.807, 2.05) is 17.7 Å². The van der Waals surface area contributed by atoms with E-state index in [1.165, 1.54) is 23.1 Å². The average Bonchev–Trinajstić information content (AvgIpc) is 3.00. The summed E-state index contributed by atoms with van der Waals surface area (Å²) in [6.45, 7) is 4.95. The Hall–Kier alpha value is -1.41. The summed E-state index contributed by atoms with van der Waals surface area (Å²) in [7, 11) is 0. The van der Waals surface area contributed by atoms with Crippen LogP contribution in [0, 0.1) is 6.92 Å². The van der Waals surface area contributed by atoms with Gasteiger partial charge in [0.15, 0.2) is 9.35 Å². The zero-order valence-electron chi connectivity index (χ0n) is 11.4. The topological polar surface area (TPSA) is 80.9 Å². The van der Waals surface area contributed by atoms with E-state index in [4.69, 9.17) is 5.11 Å². The molecule has 0 fully saturated rings. The van der Waals surface area contributed by atoms with Crippen LogP contribution in [0.5, 0.6) is 0 Å². The molecule has 0 amide bonds. The Morgan fingerprint density at radius 1 is 1.50 bits per heavy atom. The molecule has 20 heavy (non-hydrogen) atoms. The quantitative estimate of drug-likeness (QED) is 0.792. The van der Waals surface area contributed by atoms with Gasteiger partial charge in [0, 0.05) is 6.54 Å². The third-order valence-electron chi connectivity index (χ3n) is 2.57. The number of aromatic nitrogens is 4. The minimum atomic E-state index is -0.851. The molecule has 2 aromatic rings. The molecular weight excluding hydrogens is 296 g/mol. The highest BCUT2D eigenvalue weighted by atomic mass is 32.2. The number of thioether (sulfide) groups is 1. The Labute approximate surface area is 125 Å². The molecule has 0 spiro atoms. The molecule has 2 rings (SSSR count). The fourth-order valence-electron chi connectivity index (χ4n) is 1.69. The molecule has 0 saturated carbocycles. The second-order valence-electron chi connectivity index (χ2n) is 4.30. The van der Waals surface area contributed by atoms with Gasteiger partial charge in [0.05, 0.1) is 17.1 Å². The molecule has 2 heterocycles. The van der Waals surface area contributed by atoms with Crippen molar-refractivity contribution in [3.05, 3.63) is 11.8 Å². The van der Waals surface area contributed by atoms with E-state index < -0.39 is 5.97 Å². The largest absolute Gasteiger partial charge is 0.481 e. The Kier molecular flexibility index (Phi) is 5.13. The summed E-state index contributed by atoms with van der Waals surface area (Å²) >= 11 is 2.60. The lowest BCUT2D eigenvalue weighted by molar-refractivity contribution is -0.133. The van der Waals surface area contributed by atoms with E-state index in [-0.39, 0.29) is 5.75 Å². The standard InChI is InChI=1S/C12H16N4O2S2/c1-3-4-5-16-9(6-8(2)15-16)11-13-14-12(20-11)19-7-10(17)18/h6H,3-5,7H2,1-2H3,(H,17,18). The van der Waals surface area contributed by atoms with Gasteiger partial charge in [-0.25, -0.2) is 0 Å². The molecule has 2 aromatic heterocycles. The highest BCUT2D eigenvalue weighted by Gasteiger charge is 2.14. The first-order valence-electron chi connectivity index (χ1n) is 6.33. The van der Waals surface area contributed by atoms with Gasteiger partial charge in [0.25, 0.3) is 0 Å². The Morgan fingerprint density at radius 2 is 2.30 bits per heavy atom. The first-order valence-corrected chi connectivity index (χ1v) is 8.13. The van der Waals surface area contributed by atoms with E-state index in [1.54, 1.807) is 0 Å². The van der Waals surface area contributed by atoms with Crippen LogP contribution < -0.4 is 0 Å². The van der Waals surface area contributed by atoms with Gasteiger partial charge in [-0.3, -0.25) is 9.48 Å². The number of rotatable bonds is 7. The summed E-state index contributed by atoms with van der Waals surface area (Å²) in [6.07, 6.45) is 2.17. The Morgan fingerprint density at radius 3 is 3.00 bits per heavy atom. The number of hydrogen-bond acceptors (Lipinski definition) is 6. The number of carboxylic acid groups (broad SMARTS) is 1. The summed E-state index contributed by atoms with van der Waals surface area (Å²) in [4.78, 5) is 10.5. The summed E-state index contributed by atoms with van der Waals surface area (Å²) in [6, 6.07) is 1.99. The van der Waals surface area contributed by atoms with E-state index in [0.29, 0.717) is 4.34 Å². The molecule has 0 aliphatic heterocycles. The molecule has 6 nitrogen and oxygen atoms in total. The number of unbranched alkanes of at least 4 members (excludes halogenated alkanes) is 1. The van der Waals surface area contributed by atoms with Crippen molar-refractivity contribution in [2.75, 3.05) is 5.75 Å². The van der Waals surface area contributed by atoms with Gasteiger partial charge in [-0.1, -0.05) is 36.4 Å². The molecule has 0 unspecified atom stereocenters. The van der Waals surface area contributed by atoms with Crippen LogP contribution in [0.25, 0.3) is 10.7 Å². The minimum absolute atomic E-state index is 0.00274. The monoisotopic (exact) mass is 312 g/mol. The number of aliphatic carboxylic acids is 1. The van der Waals surface area contributed by atoms with Crippen molar-refractivity contribution in [2.24, 2.45) is 0 Å². The van der Waals surface area contributed by atoms with Crippen LogP contribution in [0.2, 0.25) is 0 Å². The molecule has 0 saturated heterocycles. The maximum Gasteiger partial charge on any atom is 0.313 e. The van der Waals surface area contributed by atoms with Crippen LogP contribution in [0.3, 0.4) is 0 Å². The maximum absolute atomic E-state index is 10.5. The minimum Gasteiger partial charge on any atom is -0.481 e. The highest BCUT2D eigenvalue weighted by molar-refractivity contribution is 8.01. The molecule has 1 N–H and O–H groups in total. The molecule has 0 bridgehead atoms. The summed E-state index contributed by atoms with van der Waals surface area (Å²) < 4.78 is 2.62. The maximum atomic E-state index is 10.5. The zero-order chi connectivity index (χ0) is 14.5. The molecule has 0 radical (unpaired) electrons. The lowest BCUT2D eigenvalue weighted by Crippen LogP contribution is -2.02. The van der Waals surface area contributed by atoms with Crippen LogP contribution in [0.1, 0.15) is 25.5 Å². The summed E-state index contributed by atoms with van der Waals surface area (Å²) in [5, 5.41) is 22.1.